The second-order valence-electron chi connectivity index (χ2n) is 4.57. The number of phenols is 1. The summed E-state index contributed by atoms with van der Waals surface area (Å²) < 4.78 is 0. The van der Waals surface area contributed by atoms with Crippen molar-refractivity contribution in [1.29, 1.82) is 0 Å². The second-order valence-corrected chi connectivity index (χ2v) is 4.57. The minimum absolute atomic E-state index is 0.287. The van der Waals surface area contributed by atoms with Gasteiger partial charge in [-0.25, -0.2) is 0 Å². The van der Waals surface area contributed by atoms with Crippen molar-refractivity contribution in [3.05, 3.63) is 66.7 Å². The Morgan fingerprint density at radius 1 is 0.789 bits per heavy atom. The van der Waals surface area contributed by atoms with E-state index >= 15 is 0 Å². The minimum Gasteiger partial charge on any atom is -0.508 e. The van der Waals surface area contributed by atoms with Crippen LogP contribution in [0.4, 0.5) is 11.4 Å². The molecule has 0 fully saturated rings. The highest BCUT2D eigenvalue weighted by molar-refractivity contribution is 5.95. The number of benzene rings is 3. The maximum Gasteiger partial charge on any atom is 0.115 e. The van der Waals surface area contributed by atoms with Crippen LogP contribution in [0.15, 0.2) is 66.7 Å². The molecule has 0 aliphatic heterocycles. The molecule has 19 heavy (non-hydrogen) atoms. The van der Waals surface area contributed by atoms with Crippen LogP contribution in [0.3, 0.4) is 0 Å². The van der Waals surface area contributed by atoms with Crippen molar-refractivity contribution < 1.29 is 5.11 Å². The molecule has 0 aromatic heterocycles. The molecule has 3 rings (SSSR count). The minimum atomic E-state index is 0.287. The van der Waals surface area contributed by atoms with E-state index in [0.29, 0.717) is 0 Å². The molecule has 3 aromatic rings. The molecule has 2 nitrogen and oxygen atoms in total. The average Bonchev–Trinajstić information content (AvgIpc) is 2.47. The van der Waals surface area contributed by atoms with Gasteiger partial charge in [-0.2, -0.15) is 0 Å². The van der Waals surface area contributed by atoms with Crippen LogP contribution < -0.4 is 4.90 Å². The Morgan fingerprint density at radius 3 is 2.26 bits per heavy atom. The number of anilines is 2. The zero-order valence-corrected chi connectivity index (χ0v) is 10.7. The largest absolute Gasteiger partial charge is 0.508 e. The number of nitrogens with zero attached hydrogens (tertiary/aromatic N) is 1. The predicted molar refractivity (Wildman–Crippen MR) is 80.1 cm³/mol. The third-order valence-electron chi connectivity index (χ3n) is 3.36. The fourth-order valence-electron chi connectivity index (χ4n) is 2.32. The van der Waals surface area contributed by atoms with Crippen molar-refractivity contribution in [3.63, 3.8) is 0 Å². The smallest absolute Gasteiger partial charge is 0.115 e. The van der Waals surface area contributed by atoms with E-state index < -0.39 is 0 Å². The normalized spacial score (nSPS) is 10.6. The van der Waals surface area contributed by atoms with Gasteiger partial charge in [0.05, 0.1) is 0 Å². The van der Waals surface area contributed by atoms with Gasteiger partial charge in [-0.15, -0.1) is 0 Å². The van der Waals surface area contributed by atoms with Crippen molar-refractivity contribution >= 4 is 22.1 Å². The van der Waals surface area contributed by atoms with Crippen LogP contribution >= 0.6 is 0 Å². The molecule has 0 atom stereocenters. The topological polar surface area (TPSA) is 23.5 Å². The molecule has 0 unspecified atom stereocenters. The lowest BCUT2D eigenvalue weighted by atomic mass is 10.1. The first-order chi connectivity index (χ1) is 9.25. The van der Waals surface area contributed by atoms with E-state index in [1.165, 1.54) is 10.8 Å². The van der Waals surface area contributed by atoms with Crippen LogP contribution in [0, 0.1) is 0 Å². The number of phenolic OH excluding ortho intramolecular Hbond substituents is 1. The van der Waals surface area contributed by atoms with Crippen molar-refractivity contribution in [2.45, 2.75) is 0 Å². The first-order valence-corrected chi connectivity index (χ1v) is 6.26. The molecular formula is C17H15NO. The summed E-state index contributed by atoms with van der Waals surface area (Å²) in [5.41, 5.74) is 2.21. The summed E-state index contributed by atoms with van der Waals surface area (Å²) in [6, 6.07) is 21.9. The Hall–Kier alpha value is -2.48. The molecule has 0 saturated heterocycles. The highest BCUT2D eigenvalue weighted by Gasteiger charge is 2.07. The molecule has 0 radical (unpaired) electrons. The van der Waals surface area contributed by atoms with Gasteiger partial charge in [0.2, 0.25) is 0 Å². The zero-order chi connectivity index (χ0) is 13.2. The fraction of sp³-hybridized carbons (Fsp3) is 0.0588. The first kappa shape index (κ1) is 11.6. The second kappa shape index (κ2) is 4.65. The summed E-state index contributed by atoms with van der Waals surface area (Å²) in [7, 11) is 2.04. The summed E-state index contributed by atoms with van der Waals surface area (Å²) in [6.45, 7) is 0. The summed E-state index contributed by atoms with van der Waals surface area (Å²) >= 11 is 0. The average molecular weight is 249 g/mol. The van der Waals surface area contributed by atoms with Gasteiger partial charge in [-0.05, 0) is 35.7 Å². The van der Waals surface area contributed by atoms with E-state index in [2.05, 4.69) is 41.3 Å². The van der Waals surface area contributed by atoms with Crippen molar-refractivity contribution in [1.82, 2.24) is 0 Å². The molecule has 0 bridgehead atoms. The Kier molecular flexibility index (Phi) is 2.84. The predicted octanol–water partition coefficient (Wildman–Crippen LogP) is 4.31. The SMILES string of the molecule is CN(c1ccc(O)cc1)c1cccc2ccccc12. The van der Waals surface area contributed by atoms with E-state index in [1.807, 2.05) is 25.2 Å². The van der Waals surface area contributed by atoms with Gasteiger partial charge < -0.3 is 10.0 Å². The van der Waals surface area contributed by atoms with Crippen molar-refractivity contribution in [3.8, 4) is 5.75 Å². The van der Waals surface area contributed by atoms with E-state index in [4.69, 9.17) is 0 Å². The van der Waals surface area contributed by atoms with E-state index in [-0.39, 0.29) is 5.75 Å². The summed E-state index contributed by atoms with van der Waals surface area (Å²) in [5.74, 6) is 0.287. The number of hydrogen-bond acceptors (Lipinski definition) is 2. The number of aromatic hydroxyl groups is 1. The molecule has 3 aromatic carbocycles. The standard InChI is InChI=1S/C17H15NO/c1-18(14-9-11-15(19)12-10-14)17-8-4-6-13-5-2-3-7-16(13)17/h2-12,19H,1H3. The lowest BCUT2D eigenvalue weighted by Crippen LogP contribution is -2.09. The Balaban J connectivity index is 2.11. The van der Waals surface area contributed by atoms with Crippen molar-refractivity contribution in [2.75, 3.05) is 11.9 Å². The monoisotopic (exact) mass is 249 g/mol. The molecule has 0 amide bonds. The number of fused-ring (bicyclic) bond motifs is 1. The zero-order valence-electron chi connectivity index (χ0n) is 10.7. The highest BCUT2D eigenvalue weighted by Crippen LogP contribution is 2.31. The van der Waals surface area contributed by atoms with Crippen LogP contribution in [-0.4, -0.2) is 12.2 Å². The Morgan fingerprint density at radius 2 is 1.47 bits per heavy atom. The lowest BCUT2D eigenvalue weighted by molar-refractivity contribution is 0.475. The molecule has 0 saturated carbocycles. The molecule has 0 spiro atoms. The molecule has 1 N–H and O–H groups in total. The third kappa shape index (κ3) is 2.13. The molecule has 0 heterocycles. The quantitative estimate of drug-likeness (QED) is 0.731. The van der Waals surface area contributed by atoms with Gasteiger partial charge in [0.1, 0.15) is 5.75 Å². The number of hydrogen-bond donors (Lipinski definition) is 1. The molecule has 0 aliphatic carbocycles. The van der Waals surface area contributed by atoms with Crippen molar-refractivity contribution in [2.24, 2.45) is 0 Å². The number of rotatable bonds is 2. The Bertz CT molecular complexity index is 699. The highest BCUT2D eigenvalue weighted by atomic mass is 16.3. The van der Waals surface area contributed by atoms with Gasteiger partial charge in [0.15, 0.2) is 0 Å². The van der Waals surface area contributed by atoms with E-state index in [9.17, 15) is 5.11 Å². The van der Waals surface area contributed by atoms with E-state index in [1.54, 1.807) is 12.1 Å². The van der Waals surface area contributed by atoms with Crippen LogP contribution in [0.1, 0.15) is 0 Å². The molecule has 2 heteroatoms. The fourth-order valence-corrected chi connectivity index (χ4v) is 2.32. The maximum atomic E-state index is 9.36. The third-order valence-corrected chi connectivity index (χ3v) is 3.36. The first-order valence-electron chi connectivity index (χ1n) is 6.26. The lowest BCUT2D eigenvalue weighted by Gasteiger charge is -2.21. The van der Waals surface area contributed by atoms with Crippen LogP contribution in [0.2, 0.25) is 0 Å². The van der Waals surface area contributed by atoms with Crippen LogP contribution in [0.5, 0.6) is 5.75 Å². The molecular weight excluding hydrogens is 234 g/mol. The molecule has 94 valence electrons. The van der Waals surface area contributed by atoms with Gasteiger partial charge >= 0.3 is 0 Å². The Labute approximate surface area is 112 Å². The van der Waals surface area contributed by atoms with Crippen LogP contribution in [0.25, 0.3) is 10.8 Å². The van der Waals surface area contributed by atoms with Gasteiger partial charge in [-0.1, -0.05) is 36.4 Å². The van der Waals surface area contributed by atoms with Gasteiger partial charge in [-0.3, -0.25) is 0 Å². The van der Waals surface area contributed by atoms with Gasteiger partial charge in [0.25, 0.3) is 0 Å². The summed E-state index contributed by atoms with van der Waals surface area (Å²) in [5, 5.41) is 11.8. The van der Waals surface area contributed by atoms with Gasteiger partial charge in [0, 0.05) is 23.8 Å². The molecule has 0 aliphatic rings. The van der Waals surface area contributed by atoms with Crippen LogP contribution in [-0.2, 0) is 0 Å². The summed E-state index contributed by atoms with van der Waals surface area (Å²) in [6.07, 6.45) is 0. The van der Waals surface area contributed by atoms with E-state index in [0.717, 1.165) is 11.4 Å². The summed E-state index contributed by atoms with van der Waals surface area (Å²) in [4.78, 5) is 2.13. The maximum absolute atomic E-state index is 9.36.